The third-order valence-corrected chi connectivity index (χ3v) is 3.97. The van der Waals surface area contributed by atoms with Crippen LogP contribution in [-0.2, 0) is 0 Å². The van der Waals surface area contributed by atoms with Crippen molar-refractivity contribution in [2.45, 2.75) is 18.2 Å². The van der Waals surface area contributed by atoms with E-state index in [2.05, 4.69) is 0 Å². The van der Waals surface area contributed by atoms with Crippen molar-refractivity contribution in [2.75, 3.05) is 32.1 Å². The van der Waals surface area contributed by atoms with E-state index in [0.717, 1.165) is 11.0 Å². The topological polar surface area (TPSA) is 86.9 Å². The predicted molar refractivity (Wildman–Crippen MR) is 78.9 cm³/mol. The summed E-state index contributed by atoms with van der Waals surface area (Å²) in [4.78, 5) is 25.2. The molecule has 0 radical (unpaired) electrons. The van der Waals surface area contributed by atoms with Gasteiger partial charge in [-0.2, -0.15) is 13.2 Å². The van der Waals surface area contributed by atoms with Crippen molar-refractivity contribution in [2.24, 2.45) is 0 Å². The number of amides is 1. The predicted octanol–water partition coefficient (Wildman–Crippen LogP) is 1.80. The molecule has 0 bridgehead atoms. The van der Waals surface area contributed by atoms with Crippen LogP contribution in [0.2, 0.25) is 0 Å². The van der Waals surface area contributed by atoms with E-state index in [0.29, 0.717) is 5.69 Å². The third kappa shape index (κ3) is 3.14. The van der Waals surface area contributed by atoms with E-state index in [4.69, 9.17) is 0 Å². The van der Waals surface area contributed by atoms with E-state index < -0.39 is 35.6 Å². The van der Waals surface area contributed by atoms with Gasteiger partial charge in [0.15, 0.2) is 5.60 Å². The molecule has 1 fully saturated rings. The largest absolute Gasteiger partial charge is 0.419 e. The summed E-state index contributed by atoms with van der Waals surface area (Å²) >= 11 is 0. The second kappa shape index (κ2) is 5.93. The average Bonchev–Trinajstić information content (AvgIpc) is 2.89. The van der Waals surface area contributed by atoms with Crippen LogP contribution in [0.1, 0.15) is 16.8 Å². The molecule has 1 amide bonds. The number of carbonyl (C=O) groups excluding carboxylic acids is 1. The molecule has 0 aromatic heterocycles. The van der Waals surface area contributed by atoms with Crippen molar-refractivity contribution in [3.63, 3.8) is 0 Å². The number of non-ortho nitro benzene ring substituents is 1. The Morgan fingerprint density at radius 1 is 1.42 bits per heavy atom. The molecule has 24 heavy (non-hydrogen) atoms. The third-order valence-electron chi connectivity index (χ3n) is 3.97. The summed E-state index contributed by atoms with van der Waals surface area (Å²) in [6.07, 6.45) is -5.48. The van der Waals surface area contributed by atoms with Crippen molar-refractivity contribution in [1.29, 1.82) is 0 Å². The minimum Gasteiger partial charge on any atom is -0.379 e. The molecule has 1 aliphatic heterocycles. The van der Waals surface area contributed by atoms with Crippen molar-refractivity contribution < 1.29 is 28.0 Å². The number of hydrogen-bond donors (Lipinski definition) is 1. The van der Waals surface area contributed by atoms with Crippen LogP contribution < -0.4 is 4.90 Å². The number of benzene rings is 1. The molecule has 1 heterocycles. The number of alkyl halides is 3. The second-order valence-corrected chi connectivity index (χ2v) is 5.86. The van der Waals surface area contributed by atoms with E-state index in [1.807, 2.05) is 0 Å². The summed E-state index contributed by atoms with van der Waals surface area (Å²) in [5, 5.41) is 20.6. The summed E-state index contributed by atoms with van der Waals surface area (Å²) in [5.74, 6) is -0.789. The van der Waals surface area contributed by atoms with Crippen LogP contribution >= 0.6 is 0 Å². The van der Waals surface area contributed by atoms with E-state index in [-0.39, 0.29) is 17.8 Å². The number of likely N-dealkylation sites (tertiary alicyclic amines) is 1. The first-order chi connectivity index (χ1) is 11.0. The Kier molecular flexibility index (Phi) is 4.44. The Hall–Kier alpha value is -2.36. The Morgan fingerprint density at radius 3 is 2.50 bits per heavy atom. The van der Waals surface area contributed by atoms with Gasteiger partial charge in [0.25, 0.3) is 11.6 Å². The minimum atomic E-state index is -4.85. The van der Waals surface area contributed by atoms with Crippen molar-refractivity contribution in [3.05, 3.63) is 33.9 Å². The van der Waals surface area contributed by atoms with Gasteiger partial charge in [-0.05, 0) is 6.07 Å². The number of rotatable bonds is 3. The molecule has 0 aliphatic carbocycles. The smallest absolute Gasteiger partial charge is 0.379 e. The summed E-state index contributed by atoms with van der Waals surface area (Å²) in [5.41, 5.74) is -3.04. The zero-order chi connectivity index (χ0) is 18.3. The molecular formula is C14H16F3N3O4. The highest BCUT2D eigenvalue weighted by Gasteiger charge is 2.57. The average molecular weight is 347 g/mol. The fraction of sp³-hybridized carbons (Fsp3) is 0.500. The zero-order valence-corrected chi connectivity index (χ0v) is 13.0. The van der Waals surface area contributed by atoms with Crippen LogP contribution in [0.15, 0.2) is 18.2 Å². The summed E-state index contributed by atoms with van der Waals surface area (Å²) in [6, 6.07) is 3.60. The van der Waals surface area contributed by atoms with Gasteiger partial charge in [0.1, 0.15) is 0 Å². The fourth-order valence-corrected chi connectivity index (χ4v) is 2.57. The first-order valence-corrected chi connectivity index (χ1v) is 7.00. The van der Waals surface area contributed by atoms with Crippen molar-refractivity contribution >= 4 is 17.3 Å². The number of carbonyl (C=O) groups is 1. The molecule has 7 nitrogen and oxygen atoms in total. The lowest BCUT2D eigenvalue weighted by Crippen LogP contribution is -2.48. The van der Waals surface area contributed by atoms with Gasteiger partial charge >= 0.3 is 6.18 Å². The molecule has 1 saturated heterocycles. The van der Waals surface area contributed by atoms with Gasteiger partial charge in [-0.25, -0.2) is 0 Å². The van der Waals surface area contributed by atoms with Gasteiger partial charge < -0.3 is 14.9 Å². The zero-order valence-electron chi connectivity index (χ0n) is 13.0. The normalized spacial score (nSPS) is 21.0. The highest BCUT2D eigenvalue weighted by molar-refractivity contribution is 6.00. The number of hydrogen-bond acceptors (Lipinski definition) is 5. The quantitative estimate of drug-likeness (QED) is 0.665. The molecule has 1 aromatic rings. The number of aliphatic hydroxyl groups is 1. The van der Waals surface area contributed by atoms with Gasteiger partial charge in [-0.15, -0.1) is 0 Å². The molecule has 2 rings (SSSR count). The minimum absolute atomic E-state index is 0.0828. The number of nitro benzene ring substituents is 1. The van der Waals surface area contributed by atoms with Crippen molar-refractivity contribution in [1.82, 2.24) is 4.90 Å². The summed E-state index contributed by atoms with van der Waals surface area (Å²) < 4.78 is 38.6. The van der Waals surface area contributed by atoms with Gasteiger partial charge in [-0.3, -0.25) is 14.9 Å². The molecule has 1 N–H and O–H groups in total. The van der Waals surface area contributed by atoms with E-state index in [1.165, 1.54) is 17.0 Å². The number of nitrogens with zero attached hydrogens (tertiary/aromatic N) is 3. The fourth-order valence-electron chi connectivity index (χ4n) is 2.57. The first-order valence-electron chi connectivity index (χ1n) is 7.00. The van der Waals surface area contributed by atoms with Gasteiger partial charge in [0, 0.05) is 44.9 Å². The van der Waals surface area contributed by atoms with Crippen LogP contribution in [0.25, 0.3) is 0 Å². The second-order valence-electron chi connectivity index (χ2n) is 5.86. The number of halogens is 3. The number of nitro groups is 1. The molecule has 0 spiro atoms. The van der Waals surface area contributed by atoms with Crippen molar-refractivity contribution in [3.8, 4) is 0 Å². The Morgan fingerprint density at radius 2 is 2.04 bits per heavy atom. The molecule has 1 atom stereocenters. The highest BCUT2D eigenvalue weighted by Crippen LogP contribution is 2.38. The monoisotopic (exact) mass is 347 g/mol. The Labute approximate surface area is 135 Å². The maximum absolute atomic E-state index is 12.9. The molecule has 1 aliphatic rings. The van der Waals surface area contributed by atoms with E-state index in [1.54, 1.807) is 14.1 Å². The molecule has 10 heteroatoms. The van der Waals surface area contributed by atoms with Crippen LogP contribution in [-0.4, -0.2) is 59.8 Å². The standard InChI is InChI=1S/C14H16F3N3O4/c1-18(2)11-4-3-9(20(23)24)7-10(11)12(21)19-6-5-13(22,8-19)14(15,16)17/h3-4,7,22H,5-6,8H2,1-2H3/t13-/m1/s1. The SMILES string of the molecule is CN(C)c1ccc([N+](=O)[O-])cc1C(=O)N1CC[C@](O)(C(F)(F)F)C1. The lowest BCUT2D eigenvalue weighted by molar-refractivity contribution is -0.384. The summed E-state index contributed by atoms with van der Waals surface area (Å²) in [6.45, 7) is -1.19. The Balaban J connectivity index is 2.36. The lowest BCUT2D eigenvalue weighted by atomic mass is 10.0. The highest BCUT2D eigenvalue weighted by atomic mass is 19.4. The van der Waals surface area contributed by atoms with Crippen LogP contribution in [0.4, 0.5) is 24.5 Å². The number of β-amino-alcohol motifs (C(OH)–C–C–N with tert-alkyl or cyclic N) is 1. The maximum atomic E-state index is 12.9. The van der Waals surface area contributed by atoms with E-state index >= 15 is 0 Å². The lowest BCUT2D eigenvalue weighted by Gasteiger charge is -2.26. The molecule has 132 valence electrons. The molecular weight excluding hydrogens is 331 g/mol. The van der Waals surface area contributed by atoms with Crippen LogP contribution in [0.5, 0.6) is 0 Å². The molecule has 1 aromatic carbocycles. The van der Waals surface area contributed by atoms with E-state index in [9.17, 15) is 33.2 Å². The van der Waals surface area contributed by atoms with Gasteiger partial charge in [-0.1, -0.05) is 0 Å². The van der Waals surface area contributed by atoms with Gasteiger partial charge in [0.05, 0.1) is 17.0 Å². The molecule has 0 saturated carbocycles. The maximum Gasteiger partial charge on any atom is 0.419 e. The Bertz CT molecular complexity index is 678. The molecule has 0 unspecified atom stereocenters. The number of anilines is 1. The van der Waals surface area contributed by atoms with Crippen LogP contribution in [0, 0.1) is 10.1 Å². The summed E-state index contributed by atoms with van der Waals surface area (Å²) in [7, 11) is 3.21. The van der Waals surface area contributed by atoms with Crippen LogP contribution in [0.3, 0.4) is 0 Å². The first kappa shape index (κ1) is 18.0. The van der Waals surface area contributed by atoms with Gasteiger partial charge in [0.2, 0.25) is 0 Å².